The first kappa shape index (κ1) is 9.86. The molecule has 0 saturated heterocycles. The highest BCUT2D eigenvalue weighted by atomic mass is 35.5. The topological polar surface area (TPSA) is 52.3 Å². The van der Waals surface area contributed by atoms with Crippen molar-refractivity contribution >= 4 is 17.5 Å². The fourth-order valence-electron chi connectivity index (χ4n) is 1.12. The van der Waals surface area contributed by atoms with E-state index in [0.717, 1.165) is 5.56 Å². The number of methoxy groups -OCH3 is 1. The summed E-state index contributed by atoms with van der Waals surface area (Å²) in [7, 11) is 1.45. The van der Waals surface area contributed by atoms with Crippen LogP contribution in [0.3, 0.4) is 0 Å². The van der Waals surface area contributed by atoms with Crippen LogP contribution in [0.5, 0.6) is 5.75 Å². The average Bonchev–Trinajstić information content (AvgIpc) is 2.02. The molecule has 4 heteroatoms. The Balaban J connectivity index is 3.38. The van der Waals surface area contributed by atoms with Gasteiger partial charge in [-0.3, -0.25) is 4.79 Å². The van der Waals surface area contributed by atoms with Gasteiger partial charge in [0.15, 0.2) is 0 Å². The van der Waals surface area contributed by atoms with Crippen LogP contribution in [0.15, 0.2) is 12.1 Å². The zero-order valence-corrected chi connectivity index (χ0v) is 8.18. The number of hydrogen-bond donors (Lipinski definition) is 1. The van der Waals surface area contributed by atoms with Gasteiger partial charge in [-0.05, 0) is 24.6 Å². The molecule has 1 aromatic rings. The van der Waals surface area contributed by atoms with Crippen molar-refractivity contribution in [2.45, 2.75) is 6.92 Å². The van der Waals surface area contributed by atoms with E-state index in [1.165, 1.54) is 7.11 Å². The maximum Gasteiger partial charge on any atom is 0.252 e. The third kappa shape index (κ3) is 1.92. The highest BCUT2D eigenvalue weighted by Gasteiger charge is 2.12. The largest absolute Gasteiger partial charge is 0.494 e. The number of primary amides is 1. The molecule has 0 unspecified atom stereocenters. The van der Waals surface area contributed by atoms with Crippen molar-refractivity contribution in [1.82, 2.24) is 0 Å². The average molecular weight is 200 g/mol. The molecule has 0 aliphatic heterocycles. The van der Waals surface area contributed by atoms with Gasteiger partial charge in [0.1, 0.15) is 5.75 Å². The van der Waals surface area contributed by atoms with Gasteiger partial charge in [0.2, 0.25) is 0 Å². The Morgan fingerprint density at radius 3 is 2.62 bits per heavy atom. The third-order valence-corrected chi connectivity index (χ3v) is 1.94. The number of rotatable bonds is 2. The first-order valence-corrected chi connectivity index (χ1v) is 4.08. The number of benzene rings is 1. The van der Waals surface area contributed by atoms with Crippen LogP contribution in [-0.2, 0) is 0 Å². The fraction of sp³-hybridized carbons (Fsp3) is 0.222. The van der Waals surface area contributed by atoms with Gasteiger partial charge in [0, 0.05) is 0 Å². The molecular formula is C9H10ClNO2. The predicted molar refractivity (Wildman–Crippen MR) is 51.3 cm³/mol. The number of halogens is 1. The molecule has 2 N–H and O–H groups in total. The maximum absolute atomic E-state index is 11.0. The Morgan fingerprint density at radius 1 is 1.54 bits per heavy atom. The summed E-state index contributed by atoms with van der Waals surface area (Å²) >= 11 is 5.85. The molecule has 1 rings (SSSR count). The van der Waals surface area contributed by atoms with E-state index in [1.54, 1.807) is 12.1 Å². The van der Waals surface area contributed by atoms with Crippen molar-refractivity contribution < 1.29 is 9.53 Å². The van der Waals surface area contributed by atoms with Crippen molar-refractivity contribution in [1.29, 1.82) is 0 Å². The number of carbonyl (C=O) groups is 1. The molecular weight excluding hydrogens is 190 g/mol. The Bertz CT molecular complexity index is 350. The molecule has 0 aliphatic rings. The molecule has 0 aromatic heterocycles. The highest BCUT2D eigenvalue weighted by molar-refractivity contribution is 6.32. The van der Waals surface area contributed by atoms with Gasteiger partial charge in [0.25, 0.3) is 5.91 Å². The van der Waals surface area contributed by atoms with Crippen molar-refractivity contribution in [2.75, 3.05) is 7.11 Å². The van der Waals surface area contributed by atoms with Crippen molar-refractivity contribution in [3.63, 3.8) is 0 Å². The number of amides is 1. The molecule has 0 spiro atoms. The van der Waals surface area contributed by atoms with E-state index in [2.05, 4.69) is 0 Å². The molecule has 3 nitrogen and oxygen atoms in total. The molecule has 13 heavy (non-hydrogen) atoms. The van der Waals surface area contributed by atoms with E-state index in [-0.39, 0.29) is 0 Å². The number of carbonyl (C=O) groups excluding carboxylic acids is 1. The Labute approximate surface area is 81.4 Å². The lowest BCUT2D eigenvalue weighted by atomic mass is 10.1. The van der Waals surface area contributed by atoms with Crippen LogP contribution in [-0.4, -0.2) is 13.0 Å². The molecule has 0 aliphatic carbocycles. The van der Waals surface area contributed by atoms with Crippen LogP contribution in [0, 0.1) is 6.92 Å². The summed E-state index contributed by atoms with van der Waals surface area (Å²) in [6.07, 6.45) is 0. The Hall–Kier alpha value is -1.22. The number of hydrogen-bond acceptors (Lipinski definition) is 2. The van der Waals surface area contributed by atoms with E-state index >= 15 is 0 Å². The van der Waals surface area contributed by atoms with Crippen LogP contribution >= 0.6 is 11.6 Å². The molecule has 0 saturated carbocycles. The summed E-state index contributed by atoms with van der Waals surface area (Å²) in [4.78, 5) is 11.0. The first-order chi connectivity index (χ1) is 6.06. The molecule has 0 radical (unpaired) electrons. The van der Waals surface area contributed by atoms with Crippen molar-refractivity contribution in [2.24, 2.45) is 5.73 Å². The SMILES string of the molecule is COc1c(Cl)cc(C)cc1C(N)=O. The van der Waals surface area contributed by atoms with Crippen LogP contribution in [0.25, 0.3) is 0 Å². The van der Waals surface area contributed by atoms with Gasteiger partial charge in [-0.15, -0.1) is 0 Å². The van der Waals surface area contributed by atoms with Gasteiger partial charge in [0.05, 0.1) is 17.7 Å². The third-order valence-electron chi connectivity index (χ3n) is 1.66. The lowest BCUT2D eigenvalue weighted by Crippen LogP contribution is -2.12. The lowest BCUT2D eigenvalue weighted by molar-refractivity contribution is 0.0997. The van der Waals surface area contributed by atoms with Gasteiger partial charge in [-0.25, -0.2) is 0 Å². The van der Waals surface area contributed by atoms with E-state index in [0.29, 0.717) is 16.3 Å². The number of ether oxygens (including phenoxy) is 1. The second kappa shape index (κ2) is 3.66. The molecule has 0 fully saturated rings. The second-order valence-electron chi connectivity index (χ2n) is 2.69. The summed E-state index contributed by atoms with van der Waals surface area (Å²) in [5, 5.41) is 0.399. The summed E-state index contributed by atoms with van der Waals surface area (Å²) in [5.74, 6) is -0.206. The van der Waals surface area contributed by atoms with Crippen LogP contribution in [0.1, 0.15) is 15.9 Å². The van der Waals surface area contributed by atoms with Crippen LogP contribution in [0.4, 0.5) is 0 Å². The van der Waals surface area contributed by atoms with E-state index < -0.39 is 5.91 Å². The zero-order valence-electron chi connectivity index (χ0n) is 7.43. The summed E-state index contributed by atoms with van der Waals surface area (Å²) in [5.41, 5.74) is 6.34. The zero-order chi connectivity index (χ0) is 10.0. The minimum Gasteiger partial charge on any atom is -0.494 e. The quantitative estimate of drug-likeness (QED) is 0.789. The summed E-state index contributed by atoms with van der Waals surface area (Å²) in [6.45, 7) is 1.83. The minimum absolute atomic E-state index is 0.313. The van der Waals surface area contributed by atoms with E-state index in [4.69, 9.17) is 22.1 Å². The monoisotopic (exact) mass is 199 g/mol. The lowest BCUT2D eigenvalue weighted by Gasteiger charge is -2.08. The van der Waals surface area contributed by atoms with E-state index in [9.17, 15) is 4.79 Å². The van der Waals surface area contributed by atoms with Crippen LogP contribution < -0.4 is 10.5 Å². The molecule has 70 valence electrons. The highest BCUT2D eigenvalue weighted by Crippen LogP contribution is 2.29. The Kier molecular flexibility index (Phi) is 2.78. The summed E-state index contributed by atoms with van der Waals surface area (Å²) < 4.78 is 4.96. The van der Waals surface area contributed by atoms with Gasteiger partial charge in [-0.2, -0.15) is 0 Å². The van der Waals surface area contributed by atoms with Crippen molar-refractivity contribution in [3.05, 3.63) is 28.3 Å². The van der Waals surface area contributed by atoms with E-state index in [1.807, 2.05) is 6.92 Å². The standard InChI is InChI=1S/C9H10ClNO2/c1-5-3-6(9(11)12)8(13-2)7(10)4-5/h3-4H,1-2H3,(H2,11,12). The van der Waals surface area contributed by atoms with Gasteiger partial charge >= 0.3 is 0 Å². The van der Waals surface area contributed by atoms with Crippen LogP contribution in [0.2, 0.25) is 5.02 Å². The fourth-order valence-corrected chi connectivity index (χ4v) is 1.47. The molecule has 0 bridgehead atoms. The molecule has 0 atom stereocenters. The number of nitrogens with two attached hydrogens (primary N) is 1. The second-order valence-corrected chi connectivity index (χ2v) is 3.10. The molecule has 1 aromatic carbocycles. The predicted octanol–water partition coefficient (Wildman–Crippen LogP) is 1.76. The normalized spacial score (nSPS) is 9.77. The maximum atomic E-state index is 11.0. The van der Waals surface area contributed by atoms with Crippen molar-refractivity contribution in [3.8, 4) is 5.75 Å². The summed E-state index contributed by atoms with van der Waals surface area (Å²) in [6, 6.07) is 3.36. The van der Waals surface area contributed by atoms with Gasteiger partial charge in [-0.1, -0.05) is 11.6 Å². The van der Waals surface area contributed by atoms with Gasteiger partial charge < -0.3 is 10.5 Å². The first-order valence-electron chi connectivity index (χ1n) is 3.70. The smallest absolute Gasteiger partial charge is 0.252 e. The minimum atomic E-state index is -0.539. The number of aryl methyl sites for hydroxylation is 1. The molecule has 0 heterocycles. The molecule has 1 amide bonds. The Morgan fingerprint density at radius 2 is 2.15 bits per heavy atom.